The molecule has 1 N–H and O–H groups in total. The Morgan fingerprint density at radius 3 is 2.14 bits per heavy atom. The number of hydrogen-bond donors (Lipinski definition) is 1. The maximum atomic E-state index is 10.3. The van der Waals surface area contributed by atoms with E-state index in [1.54, 1.807) is 0 Å². The van der Waals surface area contributed by atoms with Gasteiger partial charge in [-0.15, -0.1) is 0 Å². The number of ether oxygens (including phenoxy) is 3. The Morgan fingerprint density at radius 2 is 1.43 bits per heavy atom. The molecule has 0 spiro atoms. The van der Waals surface area contributed by atoms with Gasteiger partial charge in [-0.3, -0.25) is 4.55 Å². The summed E-state index contributed by atoms with van der Waals surface area (Å²) in [5.41, 5.74) is 1.24. The molecule has 0 aliphatic heterocycles. The summed E-state index contributed by atoms with van der Waals surface area (Å²) in [4.78, 5) is 0. The minimum atomic E-state index is -4.40. The van der Waals surface area contributed by atoms with Gasteiger partial charge in [-0.05, 0) is 24.5 Å². The SMILES string of the molecule is CCCCCCCCc1ccccc1OCCOCCOCCOS(=O)(=O)O. The van der Waals surface area contributed by atoms with Gasteiger partial charge in [0.25, 0.3) is 0 Å². The first-order chi connectivity index (χ1) is 13.5. The van der Waals surface area contributed by atoms with Crippen LogP contribution in [0.2, 0.25) is 0 Å². The van der Waals surface area contributed by atoms with Crippen LogP contribution in [0.1, 0.15) is 51.0 Å². The quantitative estimate of drug-likeness (QED) is 0.286. The summed E-state index contributed by atoms with van der Waals surface area (Å²) in [7, 11) is -4.40. The van der Waals surface area contributed by atoms with Gasteiger partial charge in [0.1, 0.15) is 12.4 Å². The van der Waals surface area contributed by atoms with Gasteiger partial charge in [0.05, 0.1) is 33.0 Å². The third-order valence-corrected chi connectivity index (χ3v) is 4.55. The zero-order valence-electron chi connectivity index (χ0n) is 16.8. The van der Waals surface area contributed by atoms with Crippen LogP contribution in [0.3, 0.4) is 0 Å². The summed E-state index contributed by atoms with van der Waals surface area (Å²) >= 11 is 0. The Labute approximate surface area is 169 Å². The van der Waals surface area contributed by atoms with E-state index in [0.717, 1.165) is 12.2 Å². The van der Waals surface area contributed by atoms with Gasteiger partial charge in [0, 0.05) is 0 Å². The van der Waals surface area contributed by atoms with Crippen LogP contribution >= 0.6 is 0 Å². The molecular formula is C20H34O7S. The Balaban J connectivity index is 2.07. The monoisotopic (exact) mass is 418 g/mol. The van der Waals surface area contributed by atoms with E-state index in [1.807, 2.05) is 18.2 Å². The molecule has 0 amide bonds. The van der Waals surface area contributed by atoms with Crippen molar-refractivity contribution in [3.8, 4) is 5.75 Å². The summed E-state index contributed by atoms with van der Waals surface area (Å²) < 4.78 is 49.5. The maximum absolute atomic E-state index is 10.3. The zero-order valence-corrected chi connectivity index (χ0v) is 17.6. The first-order valence-electron chi connectivity index (χ1n) is 10.0. The summed E-state index contributed by atoms with van der Waals surface area (Å²) in [5.74, 6) is 0.915. The summed E-state index contributed by atoms with van der Waals surface area (Å²) in [5, 5.41) is 0. The molecule has 0 saturated carbocycles. The lowest BCUT2D eigenvalue weighted by Crippen LogP contribution is -2.14. The third kappa shape index (κ3) is 13.9. The average Bonchev–Trinajstić information content (AvgIpc) is 2.66. The number of para-hydroxylation sites is 1. The molecule has 0 bridgehead atoms. The molecule has 0 fully saturated rings. The van der Waals surface area contributed by atoms with Crippen molar-refractivity contribution in [2.75, 3.05) is 39.6 Å². The topological polar surface area (TPSA) is 91.3 Å². The highest BCUT2D eigenvalue weighted by Crippen LogP contribution is 2.20. The van der Waals surface area contributed by atoms with Gasteiger partial charge in [-0.2, -0.15) is 8.42 Å². The molecule has 8 heteroatoms. The second-order valence-corrected chi connectivity index (χ2v) is 7.54. The van der Waals surface area contributed by atoms with E-state index >= 15 is 0 Å². The first-order valence-corrected chi connectivity index (χ1v) is 11.4. The highest BCUT2D eigenvalue weighted by molar-refractivity contribution is 7.80. The van der Waals surface area contributed by atoms with Crippen molar-refractivity contribution in [1.29, 1.82) is 0 Å². The number of rotatable bonds is 18. The van der Waals surface area contributed by atoms with Crippen molar-refractivity contribution in [1.82, 2.24) is 0 Å². The number of hydrogen-bond acceptors (Lipinski definition) is 6. The molecule has 162 valence electrons. The van der Waals surface area contributed by atoms with Crippen molar-refractivity contribution in [2.45, 2.75) is 51.9 Å². The second kappa shape index (κ2) is 15.7. The lowest BCUT2D eigenvalue weighted by atomic mass is 10.0. The van der Waals surface area contributed by atoms with E-state index in [9.17, 15) is 8.42 Å². The van der Waals surface area contributed by atoms with Crippen LogP contribution in [0.15, 0.2) is 24.3 Å². The van der Waals surface area contributed by atoms with Gasteiger partial charge >= 0.3 is 10.4 Å². The van der Waals surface area contributed by atoms with Crippen LogP contribution in [0.4, 0.5) is 0 Å². The molecule has 0 unspecified atom stereocenters. The largest absolute Gasteiger partial charge is 0.491 e. The fourth-order valence-electron chi connectivity index (χ4n) is 2.68. The molecule has 0 aliphatic carbocycles. The summed E-state index contributed by atoms with van der Waals surface area (Å²) in [6.07, 6.45) is 8.68. The van der Waals surface area contributed by atoms with Crippen molar-refractivity contribution < 1.29 is 31.4 Å². The van der Waals surface area contributed by atoms with E-state index in [4.69, 9.17) is 18.8 Å². The van der Waals surface area contributed by atoms with E-state index in [2.05, 4.69) is 17.2 Å². The lowest BCUT2D eigenvalue weighted by Gasteiger charge is -2.12. The molecule has 1 aromatic carbocycles. The lowest BCUT2D eigenvalue weighted by molar-refractivity contribution is 0.0268. The van der Waals surface area contributed by atoms with Crippen LogP contribution in [0.25, 0.3) is 0 Å². The molecule has 0 radical (unpaired) electrons. The van der Waals surface area contributed by atoms with E-state index in [1.165, 1.54) is 44.1 Å². The van der Waals surface area contributed by atoms with E-state index in [0.29, 0.717) is 26.4 Å². The minimum Gasteiger partial charge on any atom is -0.491 e. The number of benzene rings is 1. The first kappa shape index (κ1) is 24.8. The van der Waals surface area contributed by atoms with Gasteiger partial charge in [0.2, 0.25) is 0 Å². The second-order valence-electron chi connectivity index (χ2n) is 6.45. The molecule has 0 aromatic heterocycles. The number of unbranched alkanes of at least 4 members (excludes halogenated alkanes) is 5. The van der Waals surface area contributed by atoms with Gasteiger partial charge in [-0.25, -0.2) is 4.18 Å². The molecule has 0 aliphatic rings. The van der Waals surface area contributed by atoms with Crippen molar-refractivity contribution in [2.24, 2.45) is 0 Å². The van der Waals surface area contributed by atoms with Crippen molar-refractivity contribution in [3.63, 3.8) is 0 Å². The molecule has 28 heavy (non-hydrogen) atoms. The summed E-state index contributed by atoms with van der Waals surface area (Å²) in [6, 6.07) is 8.12. The maximum Gasteiger partial charge on any atom is 0.397 e. The van der Waals surface area contributed by atoms with Gasteiger partial charge < -0.3 is 14.2 Å². The van der Waals surface area contributed by atoms with Crippen molar-refractivity contribution in [3.05, 3.63) is 29.8 Å². The highest BCUT2D eigenvalue weighted by Gasteiger charge is 2.04. The molecule has 0 atom stereocenters. The molecule has 7 nitrogen and oxygen atoms in total. The Morgan fingerprint density at radius 1 is 0.821 bits per heavy atom. The minimum absolute atomic E-state index is 0.0610. The molecule has 0 heterocycles. The van der Waals surface area contributed by atoms with E-state index < -0.39 is 10.4 Å². The zero-order chi connectivity index (χ0) is 20.5. The molecular weight excluding hydrogens is 384 g/mol. The van der Waals surface area contributed by atoms with Crippen LogP contribution in [0.5, 0.6) is 5.75 Å². The van der Waals surface area contributed by atoms with Crippen LogP contribution in [-0.2, 0) is 30.5 Å². The van der Waals surface area contributed by atoms with Crippen molar-refractivity contribution >= 4 is 10.4 Å². The summed E-state index contributed by atoms with van der Waals surface area (Å²) in [6.45, 7) is 3.64. The van der Waals surface area contributed by atoms with Crippen LogP contribution in [-0.4, -0.2) is 52.6 Å². The predicted molar refractivity (Wildman–Crippen MR) is 108 cm³/mol. The Kier molecular flexibility index (Phi) is 13.9. The Hall–Kier alpha value is -1.19. The van der Waals surface area contributed by atoms with E-state index in [-0.39, 0.29) is 13.2 Å². The fourth-order valence-corrected chi connectivity index (χ4v) is 2.96. The highest BCUT2D eigenvalue weighted by atomic mass is 32.3. The van der Waals surface area contributed by atoms with Gasteiger partial charge in [-0.1, -0.05) is 57.2 Å². The van der Waals surface area contributed by atoms with Crippen LogP contribution < -0.4 is 4.74 Å². The fraction of sp³-hybridized carbons (Fsp3) is 0.700. The van der Waals surface area contributed by atoms with Crippen LogP contribution in [0, 0.1) is 0 Å². The normalized spacial score (nSPS) is 11.6. The molecule has 1 aromatic rings. The smallest absolute Gasteiger partial charge is 0.397 e. The average molecular weight is 419 g/mol. The molecule has 0 saturated heterocycles. The van der Waals surface area contributed by atoms with Gasteiger partial charge in [0.15, 0.2) is 0 Å². The number of aryl methyl sites for hydroxylation is 1. The standard InChI is InChI=1S/C20H34O7S/c1-2-3-4-5-6-7-10-19-11-8-9-12-20(19)26-17-15-24-13-14-25-16-18-27-28(21,22)23/h8-9,11-12H,2-7,10,13-18H2,1H3,(H,21,22,23). The Bertz CT molecular complexity index is 604. The third-order valence-electron chi connectivity index (χ3n) is 4.09. The molecule has 1 rings (SSSR count). The predicted octanol–water partition coefficient (Wildman–Crippen LogP) is 3.82.